The lowest BCUT2D eigenvalue weighted by molar-refractivity contribution is -0.385. The number of hydrogen-bond donors (Lipinski definition) is 1. The van der Waals surface area contributed by atoms with Crippen molar-refractivity contribution in [3.05, 3.63) is 37.2 Å². The van der Waals surface area contributed by atoms with Gasteiger partial charge in [0.2, 0.25) is 0 Å². The van der Waals surface area contributed by atoms with Gasteiger partial charge in [0.15, 0.2) is 0 Å². The van der Waals surface area contributed by atoms with Crippen molar-refractivity contribution in [3.8, 4) is 0 Å². The predicted octanol–water partition coefficient (Wildman–Crippen LogP) is 0.900. The van der Waals surface area contributed by atoms with Gasteiger partial charge in [-0.15, -0.1) is 0 Å². The molecule has 7 heteroatoms. The number of nitrogens with zero attached hydrogens (tertiary/aromatic N) is 2. The number of rotatable bonds is 3. The standard InChI is InChI=1S/C8H9BrN2O4/c1-5(12)3-10-4-6(11(14)15)2-7(9)8(10)13/h2,4-5,12H,3H2,1H3. The molecule has 1 atom stereocenters. The zero-order chi connectivity index (χ0) is 11.6. The number of aliphatic hydroxyl groups is 1. The van der Waals surface area contributed by atoms with Crippen LogP contribution in [0.2, 0.25) is 0 Å². The van der Waals surface area contributed by atoms with E-state index in [4.69, 9.17) is 5.11 Å². The van der Waals surface area contributed by atoms with Gasteiger partial charge in [0.1, 0.15) is 0 Å². The first-order chi connectivity index (χ1) is 6.91. The number of aliphatic hydroxyl groups excluding tert-OH is 1. The summed E-state index contributed by atoms with van der Waals surface area (Å²) in [7, 11) is 0. The number of nitro groups is 1. The molecule has 0 aliphatic heterocycles. The van der Waals surface area contributed by atoms with E-state index in [-0.39, 0.29) is 16.7 Å². The molecular formula is C8H9BrN2O4. The molecule has 0 bridgehead atoms. The Bertz CT molecular complexity index is 441. The van der Waals surface area contributed by atoms with Crippen LogP contribution in [0.15, 0.2) is 21.5 Å². The molecule has 1 unspecified atom stereocenters. The summed E-state index contributed by atoms with van der Waals surface area (Å²) in [5, 5.41) is 19.6. The molecule has 0 radical (unpaired) electrons. The second-order valence-electron chi connectivity index (χ2n) is 3.11. The van der Waals surface area contributed by atoms with Gasteiger partial charge in [-0.2, -0.15) is 0 Å². The maximum Gasteiger partial charge on any atom is 0.286 e. The van der Waals surface area contributed by atoms with Gasteiger partial charge in [-0.05, 0) is 22.9 Å². The average molecular weight is 277 g/mol. The van der Waals surface area contributed by atoms with Gasteiger partial charge in [0.25, 0.3) is 11.2 Å². The lowest BCUT2D eigenvalue weighted by Gasteiger charge is -2.07. The summed E-state index contributed by atoms with van der Waals surface area (Å²) < 4.78 is 1.21. The van der Waals surface area contributed by atoms with Crippen LogP contribution in [0.1, 0.15) is 6.92 Å². The van der Waals surface area contributed by atoms with Crippen LogP contribution < -0.4 is 5.56 Å². The van der Waals surface area contributed by atoms with Crippen LogP contribution in [0, 0.1) is 10.1 Å². The SMILES string of the molecule is CC(O)Cn1cc([N+](=O)[O-])cc(Br)c1=O. The first-order valence-corrected chi connectivity index (χ1v) is 4.93. The highest BCUT2D eigenvalue weighted by atomic mass is 79.9. The number of pyridine rings is 1. The molecule has 0 aliphatic rings. The number of aromatic nitrogens is 1. The van der Waals surface area contributed by atoms with Crippen LogP contribution in [0.5, 0.6) is 0 Å². The summed E-state index contributed by atoms with van der Waals surface area (Å²) in [5.74, 6) is 0. The molecule has 1 N–H and O–H groups in total. The first-order valence-electron chi connectivity index (χ1n) is 4.14. The number of hydrogen-bond acceptors (Lipinski definition) is 4. The van der Waals surface area contributed by atoms with E-state index in [1.54, 1.807) is 0 Å². The highest BCUT2D eigenvalue weighted by Gasteiger charge is 2.12. The Morgan fingerprint density at radius 2 is 2.33 bits per heavy atom. The van der Waals surface area contributed by atoms with Gasteiger partial charge in [0, 0.05) is 6.07 Å². The lowest BCUT2D eigenvalue weighted by atomic mass is 10.3. The normalized spacial score (nSPS) is 12.5. The van der Waals surface area contributed by atoms with Crippen LogP contribution in [-0.2, 0) is 6.54 Å². The second-order valence-corrected chi connectivity index (χ2v) is 3.96. The molecule has 6 nitrogen and oxygen atoms in total. The van der Waals surface area contributed by atoms with Crippen molar-refractivity contribution < 1.29 is 10.0 Å². The Hall–Kier alpha value is -1.21. The fourth-order valence-electron chi connectivity index (χ4n) is 1.10. The fourth-order valence-corrected chi connectivity index (χ4v) is 1.57. The Kier molecular flexibility index (Phi) is 3.59. The van der Waals surface area contributed by atoms with Crippen molar-refractivity contribution in [3.63, 3.8) is 0 Å². The van der Waals surface area contributed by atoms with Gasteiger partial charge in [0.05, 0.1) is 28.2 Å². The van der Waals surface area contributed by atoms with Crippen molar-refractivity contribution in [1.82, 2.24) is 4.57 Å². The van der Waals surface area contributed by atoms with Crippen LogP contribution in [0.3, 0.4) is 0 Å². The minimum atomic E-state index is -0.739. The third-order valence-corrected chi connectivity index (χ3v) is 2.27. The highest BCUT2D eigenvalue weighted by Crippen LogP contribution is 2.14. The Balaban J connectivity index is 3.25. The molecule has 82 valence electrons. The van der Waals surface area contributed by atoms with Crippen LogP contribution in [0.25, 0.3) is 0 Å². The monoisotopic (exact) mass is 276 g/mol. The van der Waals surface area contributed by atoms with Gasteiger partial charge >= 0.3 is 0 Å². The van der Waals surface area contributed by atoms with E-state index in [2.05, 4.69) is 15.9 Å². The molecule has 15 heavy (non-hydrogen) atoms. The van der Waals surface area contributed by atoms with Crippen LogP contribution >= 0.6 is 15.9 Å². The third-order valence-electron chi connectivity index (χ3n) is 1.70. The first kappa shape index (κ1) is 11.9. The summed E-state index contributed by atoms with van der Waals surface area (Å²) in [6.07, 6.45) is 0.372. The van der Waals surface area contributed by atoms with E-state index < -0.39 is 16.6 Å². The summed E-state index contributed by atoms with van der Waals surface area (Å²) in [5.41, 5.74) is -0.594. The topological polar surface area (TPSA) is 85.4 Å². The average Bonchev–Trinajstić information content (AvgIpc) is 2.11. The van der Waals surface area contributed by atoms with Gasteiger partial charge < -0.3 is 9.67 Å². The lowest BCUT2D eigenvalue weighted by Crippen LogP contribution is -2.25. The van der Waals surface area contributed by atoms with Gasteiger partial charge in [-0.1, -0.05) is 0 Å². The minimum absolute atomic E-state index is 0.0269. The fraction of sp³-hybridized carbons (Fsp3) is 0.375. The van der Waals surface area contributed by atoms with E-state index in [1.807, 2.05) is 0 Å². The van der Waals surface area contributed by atoms with Gasteiger partial charge in [-0.3, -0.25) is 14.9 Å². The predicted molar refractivity (Wildman–Crippen MR) is 56.7 cm³/mol. The summed E-state index contributed by atoms with van der Waals surface area (Å²) in [4.78, 5) is 21.4. The molecule has 0 amide bonds. The Labute approximate surface area is 93.4 Å². The molecule has 0 spiro atoms. The summed E-state index contributed by atoms with van der Waals surface area (Å²) >= 11 is 2.94. The Morgan fingerprint density at radius 1 is 1.73 bits per heavy atom. The zero-order valence-corrected chi connectivity index (χ0v) is 9.47. The van der Waals surface area contributed by atoms with E-state index >= 15 is 0 Å². The smallest absolute Gasteiger partial charge is 0.286 e. The second kappa shape index (κ2) is 4.54. The largest absolute Gasteiger partial charge is 0.392 e. The maximum atomic E-state index is 11.5. The number of halogens is 1. The Morgan fingerprint density at radius 3 is 2.80 bits per heavy atom. The van der Waals surface area contributed by atoms with Crippen molar-refractivity contribution in [1.29, 1.82) is 0 Å². The molecule has 1 rings (SSSR count). The van der Waals surface area contributed by atoms with Crippen molar-refractivity contribution in [2.75, 3.05) is 0 Å². The van der Waals surface area contributed by atoms with Crippen molar-refractivity contribution >= 4 is 21.6 Å². The molecule has 1 heterocycles. The van der Waals surface area contributed by atoms with E-state index in [0.29, 0.717) is 0 Å². The van der Waals surface area contributed by atoms with Crippen LogP contribution in [-0.4, -0.2) is 20.7 Å². The molecule has 0 aromatic carbocycles. The summed E-state index contributed by atoms with van der Waals surface area (Å²) in [6, 6.07) is 1.14. The molecule has 0 fully saturated rings. The molecule has 0 saturated carbocycles. The summed E-state index contributed by atoms with van der Waals surface area (Å²) in [6.45, 7) is 1.53. The van der Waals surface area contributed by atoms with Crippen molar-refractivity contribution in [2.45, 2.75) is 19.6 Å². The van der Waals surface area contributed by atoms with E-state index in [0.717, 1.165) is 16.8 Å². The zero-order valence-electron chi connectivity index (χ0n) is 7.88. The molecule has 1 aromatic rings. The minimum Gasteiger partial charge on any atom is -0.392 e. The third kappa shape index (κ3) is 2.87. The molecular weight excluding hydrogens is 268 g/mol. The van der Waals surface area contributed by atoms with E-state index in [1.165, 1.54) is 6.92 Å². The van der Waals surface area contributed by atoms with E-state index in [9.17, 15) is 14.9 Å². The quantitative estimate of drug-likeness (QED) is 0.657. The van der Waals surface area contributed by atoms with Crippen LogP contribution in [0.4, 0.5) is 5.69 Å². The highest BCUT2D eigenvalue weighted by molar-refractivity contribution is 9.10. The molecule has 1 aromatic heterocycles. The molecule has 0 aliphatic carbocycles. The molecule has 0 saturated heterocycles. The van der Waals surface area contributed by atoms with Crippen molar-refractivity contribution in [2.24, 2.45) is 0 Å². The van der Waals surface area contributed by atoms with Gasteiger partial charge in [-0.25, -0.2) is 0 Å². The maximum absolute atomic E-state index is 11.5.